The molecule has 1 aromatic carbocycles. The van der Waals surface area contributed by atoms with E-state index in [1.165, 1.54) is 12.1 Å². The predicted octanol–water partition coefficient (Wildman–Crippen LogP) is 1.79. The van der Waals surface area contributed by atoms with E-state index in [2.05, 4.69) is 5.32 Å². The second-order valence-electron chi connectivity index (χ2n) is 4.00. The summed E-state index contributed by atoms with van der Waals surface area (Å²) in [7, 11) is 1.54. The Morgan fingerprint density at radius 3 is 2.69 bits per heavy atom. The summed E-state index contributed by atoms with van der Waals surface area (Å²) in [5, 5.41) is 11.9. The normalized spacial score (nSPS) is 10.2. The third kappa shape index (κ3) is 3.46. The van der Waals surface area contributed by atoms with Crippen LogP contribution in [0, 0.1) is 5.92 Å². The van der Waals surface area contributed by atoms with Gasteiger partial charge in [0.05, 0.1) is 6.61 Å². The standard InChI is InChI=1S/C12H17NO3/c1-8(2)7-16-11-5-9(12(15)13-3)4-10(14)6-11/h4-6,8,14H,7H2,1-3H3,(H,13,15). The Hall–Kier alpha value is -1.71. The van der Waals surface area contributed by atoms with E-state index in [0.29, 0.717) is 23.8 Å². The fourth-order valence-electron chi connectivity index (χ4n) is 1.20. The van der Waals surface area contributed by atoms with Crippen LogP contribution < -0.4 is 10.1 Å². The zero-order valence-electron chi connectivity index (χ0n) is 9.78. The molecule has 0 aliphatic heterocycles. The van der Waals surface area contributed by atoms with E-state index in [4.69, 9.17) is 4.74 Å². The van der Waals surface area contributed by atoms with E-state index in [9.17, 15) is 9.90 Å². The highest BCUT2D eigenvalue weighted by molar-refractivity contribution is 5.94. The van der Waals surface area contributed by atoms with Gasteiger partial charge in [0, 0.05) is 18.7 Å². The average molecular weight is 223 g/mol. The molecule has 0 saturated carbocycles. The Balaban J connectivity index is 2.85. The van der Waals surface area contributed by atoms with Crippen LogP contribution in [-0.4, -0.2) is 24.7 Å². The van der Waals surface area contributed by atoms with Crippen LogP contribution in [0.5, 0.6) is 11.5 Å². The van der Waals surface area contributed by atoms with Crippen molar-refractivity contribution in [2.45, 2.75) is 13.8 Å². The zero-order chi connectivity index (χ0) is 12.1. The summed E-state index contributed by atoms with van der Waals surface area (Å²) in [6.45, 7) is 4.61. The number of carbonyl (C=O) groups is 1. The number of ether oxygens (including phenoxy) is 1. The van der Waals surface area contributed by atoms with E-state index in [1.54, 1.807) is 13.1 Å². The highest BCUT2D eigenvalue weighted by atomic mass is 16.5. The lowest BCUT2D eigenvalue weighted by Crippen LogP contribution is -2.17. The monoisotopic (exact) mass is 223 g/mol. The summed E-state index contributed by atoms with van der Waals surface area (Å²) in [5.74, 6) is 0.684. The van der Waals surface area contributed by atoms with E-state index in [-0.39, 0.29) is 11.7 Å². The van der Waals surface area contributed by atoms with Crippen molar-refractivity contribution in [3.05, 3.63) is 23.8 Å². The molecular formula is C12H17NO3. The molecule has 0 aliphatic rings. The molecule has 1 aromatic rings. The number of phenolic OH excluding ortho intramolecular Hbond substituents is 1. The van der Waals surface area contributed by atoms with E-state index < -0.39 is 0 Å². The van der Waals surface area contributed by atoms with Crippen LogP contribution in [0.25, 0.3) is 0 Å². The molecule has 0 unspecified atom stereocenters. The first kappa shape index (κ1) is 12.4. The third-order valence-electron chi connectivity index (χ3n) is 1.96. The van der Waals surface area contributed by atoms with Gasteiger partial charge in [-0.05, 0) is 18.1 Å². The van der Waals surface area contributed by atoms with Crippen LogP contribution in [0.15, 0.2) is 18.2 Å². The van der Waals surface area contributed by atoms with Crippen LogP contribution in [0.4, 0.5) is 0 Å². The largest absolute Gasteiger partial charge is 0.508 e. The van der Waals surface area contributed by atoms with Gasteiger partial charge in [-0.1, -0.05) is 13.8 Å². The van der Waals surface area contributed by atoms with Crippen LogP contribution in [0.1, 0.15) is 24.2 Å². The maximum atomic E-state index is 11.4. The number of aromatic hydroxyl groups is 1. The van der Waals surface area contributed by atoms with E-state index in [0.717, 1.165) is 0 Å². The lowest BCUT2D eigenvalue weighted by molar-refractivity contribution is 0.0962. The fourth-order valence-corrected chi connectivity index (χ4v) is 1.20. The lowest BCUT2D eigenvalue weighted by Gasteiger charge is -2.10. The molecule has 0 radical (unpaired) electrons. The predicted molar refractivity (Wildman–Crippen MR) is 61.8 cm³/mol. The third-order valence-corrected chi connectivity index (χ3v) is 1.96. The molecule has 0 atom stereocenters. The highest BCUT2D eigenvalue weighted by Crippen LogP contribution is 2.22. The van der Waals surface area contributed by atoms with Crippen molar-refractivity contribution in [1.82, 2.24) is 5.32 Å². The molecule has 4 heteroatoms. The number of phenols is 1. The first-order valence-corrected chi connectivity index (χ1v) is 5.22. The highest BCUT2D eigenvalue weighted by Gasteiger charge is 2.07. The molecule has 0 bridgehead atoms. The molecule has 0 heterocycles. The number of rotatable bonds is 4. The van der Waals surface area contributed by atoms with Gasteiger partial charge in [0.1, 0.15) is 11.5 Å². The second kappa shape index (κ2) is 5.39. The summed E-state index contributed by atoms with van der Waals surface area (Å²) >= 11 is 0. The zero-order valence-corrected chi connectivity index (χ0v) is 9.78. The molecule has 1 rings (SSSR count). The smallest absolute Gasteiger partial charge is 0.251 e. The molecule has 1 amide bonds. The summed E-state index contributed by atoms with van der Waals surface area (Å²) in [5.41, 5.74) is 0.390. The van der Waals surface area contributed by atoms with Gasteiger partial charge < -0.3 is 15.2 Å². The Morgan fingerprint density at radius 2 is 2.12 bits per heavy atom. The summed E-state index contributed by atoms with van der Waals surface area (Å²) in [6.07, 6.45) is 0. The first-order valence-electron chi connectivity index (χ1n) is 5.22. The second-order valence-corrected chi connectivity index (χ2v) is 4.00. The number of carbonyl (C=O) groups excluding carboxylic acids is 1. The van der Waals surface area contributed by atoms with Crippen molar-refractivity contribution in [3.63, 3.8) is 0 Å². The Morgan fingerprint density at radius 1 is 1.44 bits per heavy atom. The molecule has 16 heavy (non-hydrogen) atoms. The number of nitrogens with one attached hydrogen (secondary N) is 1. The summed E-state index contributed by atoms with van der Waals surface area (Å²) in [4.78, 5) is 11.4. The molecule has 0 fully saturated rings. The molecular weight excluding hydrogens is 206 g/mol. The van der Waals surface area contributed by atoms with E-state index in [1.807, 2.05) is 13.8 Å². The van der Waals surface area contributed by atoms with Crippen molar-refractivity contribution in [1.29, 1.82) is 0 Å². The Kier molecular flexibility index (Phi) is 4.17. The van der Waals surface area contributed by atoms with Gasteiger partial charge in [-0.15, -0.1) is 0 Å². The molecule has 0 aliphatic carbocycles. The minimum absolute atomic E-state index is 0.0276. The van der Waals surface area contributed by atoms with Gasteiger partial charge >= 0.3 is 0 Å². The van der Waals surface area contributed by atoms with Gasteiger partial charge in [0.15, 0.2) is 0 Å². The lowest BCUT2D eigenvalue weighted by atomic mass is 10.2. The van der Waals surface area contributed by atoms with Gasteiger partial charge in [0.2, 0.25) is 0 Å². The first-order chi connectivity index (χ1) is 7.52. The topological polar surface area (TPSA) is 58.6 Å². The number of hydrogen-bond acceptors (Lipinski definition) is 3. The van der Waals surface area contributed by atoms with Crippen molar-refractivity contribution in [3.8, 4) is 11.5 Å². The van der Waals surface area contributed by atoms with Crippen molar-refractivity contribution < 1.29 is 14.6 Å². The van der Waals surface area contributed by atoms with Crippen LogP contribution in [0.3, 0.4) is 0 Å². The van der Waals surface area contributed by atoms with Gasteiger partial charge in [0.25, 0.3) is 5.91 Å². The summed E-state index contributed by atoms with van der Waals surface area (Å²) in [6, 6.07) is 4.51. The van der Waals surface area contributed by atoms with Gasteiger partial charge in [-0.3, -0.25) is 4.79 Å². The van der Waals surface area contributed by atoms with Crippen LogP contribution >= 0.6 is 0 Å². The molecule has 88 valence electrons. The Labute approximate surface area is 95.2 Å². The minimum Gasteiger partial charge on any atom is -0.508 e. The maximum Gasteiger partial charge on any atom is 0.251 e. The van der Waals surface area contributed by atoms with Crippen LogP contribution in [0.2, 0.25) is 0 Å². The minimum atomic E-state index is -0.245. The quantitative estimate of drug-likeness (QED) is 0.818. The van der Waals surface area contributed by atoms with Gasteiger partial charge in [-0.25, -0.2) is 0 Å². The van der Waals surface area contributed by atoms with Crippen molar-refractivity contribution in [2.75, 3.05) is 13.7 Å². The summed E-state index contributed by atoms with van der Waals surface area (Å²) < 4.78 is 5.44. The molecule has 0 spiro atoms. The molecule has 0 saturated heterocycles. The molecule has 4 nitrogen and oxygen atoms in total. The number of benzene rings is 1. The van der Waals surface area contributed by atoms with Crippen molar-refractivity contribution >= 4 is 5.91 Å². The number of amides is 1. The van der Waals surface area contributed by atoms with Crippen molar-refractivity contribution in [2.24, 2.45) is 5.92 Å². The molecule has 2 N–H and O–H groups in total. The van der Waals surface area contributed by atoms with E-state index >= 15 is 0 Å². The molecule has 0 aromatic heterocycles. The Bertz CT molecular complexity index is 375. The van der Waals surface area contributed by atoms with Crippen LogP contribution in [-0.2, 0) is 0 Å². The fraction of sp³-hybridized carbons (Fsp3) is 0.417. The average Bonchev–Trinajstić information content (AvgIpc) is 2.24. The maximum absolute atomic E-state index is 11.4. The SMILES string of the molecule is CNC(=O)c1cc(O)cc(OCC(C)C)c1. The van der Waals surface area contributed by atoms with Gasteiger partial charge in [-0.2, -0.15) is 0 Å². The number of hydrogen-bond donors (Lipinski definition) is 2.